The molecule has 83 heavy (non-hydrogen) atoms. The topological polar surface area (TPSA) is 307 Å². The fraction of sp³-hybridized carbons (Fsp3) is 0.828. The van der Waals surface area contributed by atoms with Gasteiger partial charge in [-0.3, -0.25) is 4.79 Å². The molecule has 3 heterocycles. The molecule has 12 N–H and O–H groups in total. The van der Waals surface area contributed by atoms with Crippen molar-refractivity contribution < 1.29 is 89.4 Å². The van der Waals surface area contributed by atoms with E-state index in [1.165, 1.54) is 109 Å². The maximum atomic E-state index is 13.3. The maximum Gasteiger partial charge on any atom is 0.220 e. The fourth-order valence-corrected chi connectivity index (χ4v) is 10.6. The van der Waals surface area contributed by atoms with Crippen molar-refractivity contribution in [2.75, 3.05) is 26.4 Å². The van der Waals surface area contributed by atoms with E-state index in [0.717, 1.165) is 70.6 Å². The van der Waals surface area contributed by atoms with Crippen LogP contribution in [0.15, 0.2) is 60.8 Å². The molecule has 0 spiro atoms. The fourth-order valence-electron chi connectivity index (χ4n) is 10.6. The largest absolute Gasteiger partial charge is 0.394 e. The predicted octanol–water partition coefficient (Wildman–Crippen LogP) is 6.82. The van der Waals surface area contributed by atoms with Crippen LogP contribution in [0.4, 0.5) is 0 Å². The Morgan fingerprint density at radius 3 is 1.30 bits per heavy atom. The lowest BCUT2D eigenvalue weighted by atomic mass is 9.96. The second-order valence-electron chi connectivity index (χ2n) is 22.8. The zero-order chi connectivity index (χ0) is 60.5. The number of unbranched alkanes of at least 4 members (excludes halogenated alkanes) is 23. The Morgan fingerprint density at radius 1 is 0.446 bits per heavy atom. The Kier molecular flexibility index (Phi) is 42.0. The van der Waals surface area contributed by atoms with Gasteiger partial charge >= 0.3 is 0 Å². The third-order valence-electron chi connectivity index (χ3n) is 15.8. The highest BCUT2D eigenvalue weighted by atomic mass is 16.8. The minimum Gasteiger partial charge on any atom is -0.394 e. The van der Waals surface area contributed by atoms with Crippen LogP contribution < -0.4 is 5.32 Å². The zero-order valence-corrected chi connectivity index (χ0v) is 50.4. The number of hydrogen-bond donors (Lipinski definition) is 12. The lowest BCUT2D eigenvalue weighted by Gasteiger charge is -2.48. The lowest BCUT2D eigenvalue weighted by Crippen LogP contribution is -2.66. The minimum atomic E-state index is -1.98. The lowest BCUT2D eigenvalue weighted by molar-refractivity contribution is -0.379. The highest BCUT2D eigenvalue weighted by molar-refractivity contribution is 5.76. The highest BCUT2D eigenvalue weighted by Gasteiger charge is 2.53. The average Bonchev–Trinajstić information content (AvgIpc) is 3.25. The van der Waals surface area contributed by atoms with E-state index in [9.17, 15) is 61.0 Å². The summed E-state index contributed by atoms with van der Waals surface area (Å²) in [6.45, 7) is 1.56. The van der Waals surface area contributed by atoms with E-state index in [2.05, 4.69) is 67.8 Å². The molecule has 0 aromatic carbocycles. The number of carbonyl (C=O) groups is 1. The number of nitrogens with one attached hydrogen (secondary N) is 1. The summed E-state index contributed by atoms with van der Waals surface area (Å²) in [7, 11) is 0. The van der Waals surface area contributed by atoms with E-state index in [1.807, 2.05) is 6.08 Å². The van der Waals surface area contributed by atoms with Crippen LogP contribution in [0.2, 0.25) is 0 Å². The van der Waals surface area contributed by atoms with Crippen LogP contribution in [0, 0.1) is 0 Å². The predicted molar refractivity (Wildman–Crippen MR) is 318 cm³/mol. The SMILES string of the molecule is CC/C=C\C/C=C\C/C=C\C/C=C\CCCCCCCCCCCCCCCCCCC(=O)NC(COC1OC(CO)C(OC2OC(CO)C(OC3OC(CO)C(O)C(O)C3O)C(O)C2O)C(O)C1O)C(O)/C=C/CCCCCCCCC. The second kappa shape index (κ2) is 46.6. The molecule has 3 aliphatic heterocycles. The van der Waals surface area contributed by atoms with E-state index in [-0.39, 0.29) is 18.9 Å². The number of allylic oxidation sites excluding steroid dienone is 9. The summed E-state index contributed by atoms with van der Waals surface area (Å²) >= 11 is 0. The van der Waals surface area contributed by atoms with Gasteiger partial charge in [0.05, 0.1) is 38.6 Å². The molecule has 19 heteroatoms. The van der Waals surface area contributed by atoms with Gasteiger partial charge in [0, 0.05) is 6.42 Å². The Bertz CT molecular complexity index is 1750. The standard InChI is InChI=1S/C64H113NO18/c1-3-5-7-9-11-13-14-15-16-17-18-19-20-21-22-23-24-25-26-27-28-29-30-31-32-34-36-38-40-42-52(70)65-47(48(69)41-39-37-35-33-12-10-8-6-4-2)46-78-62-58(76)55(73)60(50(44-67)80-62)83-64-59(77)56(74)61(51(45-68)81-64)82-63-57(75)54(72)53(71)49(43-66)79-63/h5,7,11,13,15-16,18-19,39,41,47-51,53-64,66-69,71-77H,3-4,6,8-10,12,14,17,20-38,40,42-46H2,1-2H3,(H,65,70)/b7-5-,13-11-,16-15-,19-18-,41-39+. The molecule has 3 fully saturated rings. The molecule has 17 atom stereocenters. The van der Waals surface area contributed by atoms with Gasteiger partial charge in [-0.15, -0.1) is 0 Å². The molecule has 0 aliphatic carbocycles. The van der Waals surface area contributed by atoms with Crippen LogP contribution in [0.25, 0.3) is 0 Å². The van der Waals surface area contributed by atoms with E-state index in [1.54, 1.807) is 6.08 Å². The third kappa shape index (κ3) is 29.8. The van der Waals surface area contributed by atoms with Crippen LogP contribution in [0.1, 0.15) is 206 Å². The summed E-state index contributed by atoms with van der Waals surface area (Å²) in [4.78, 5) is 13.3. The first-order valence-corrected chi connectivity index (χ1v) is 32.0. The highest BCUT2D eigenvalue weighted by Crippen LogP contribution is 2.33. The van der Waals surface area contributed by atoms with Gasteiger partial charge in [0.2, 0.25) is 5.91 Å². The van der Waals surface area contributed by atoms with E-state index in [4.69, 9.17) is 28.4 Å². The smallest absolute Gasteiger partial charge is 0.220 e. The minimum absolute atomic E-state index is 0.241. The number of ether oxygens (including phenoxy) is 6. The summed E-state index contributed by atoms with van der Waals surface area (Å²) in [5.74, 6) is -0.280. The van der Waals surface area contributed by atoms with Crippen LogP contribution in [0.3, 0.4) is 0 Å². The third-order valence-corrected chi connectivity index (χ3v) is 15.8. The van der Waals surface area contributed by atoms with Crippen molar-refractivity contribution in [2.24, 2.45) is 0 Å². The number of aliphatic hydroxyl groups is 11. The second-order valence-corrected chi connectivity index (χ2v) is 22.8. The van der Waals surface area contributed by atoms with Gasteiger partial charge in [-0.25, -0.2) is 0 Å². The number of aliphatic hydroxyl groups excluding tert-OH is 11. The summed E-state index contributed by atoms with van der Waals surface area (Å²) < 4.78 is 34.2. The zero-order valence-electron chi connectivity index (χ0n) is 50.4. The molecule has 0 bridgehead atoms. The van der Waals surface area contributed by atoms with Gasteiger partial charge in [0.25, 0.3) is 0 Å². The molecule has 0 aromatic rings. The van der Waals surface area contributed by atoms with Crippen LogP contribution >= 0.6 is 0 Å². The summed E-state index contributed by atoms with van der Waals surface area (Å²) in [5.41, 5.74) is 0. The summed E-state index contributed by atoms with van der Waals surface area (Å²) in [6, 6.07) is -0.972. The van der Waals surface area contributed by atoms with Crippen molar-refractivity contribution in [3.05, 3.63) is 60.8 Å². The van der Waals surface area contributed by atoms with E-state index < -0.39 is 124 Å². The molecule has 19 nitrogen and oxygen atoms in total. The molecule has 3 saturated heterocycles. The normalized spacial score (nSPS) is 29.8. The van der Waals surface area contributed by atoms with Crippen LogP contribution in [0.5, 0.6) is 0 Å². The molecule has 17 unspecified atom stereocenters. The first-order chi connectivity index (χ1) is 40.3. The van der Waals surface area contributed by atoms with Crippen molar-refractivity contribution in [1.82, 2.24) is 5.32 Å². The first kappa shape index (κ1) is 74.7. The van der Waals surface area contributed by atoms with Gasteiger partial charge in [0.15, 0.2) is 18.9 Å². The molecule has 0 saturated carbocycles. The summed E-state index contributed by atoms with van der Waals surface area (Å²) in [6.07, 6.45) is 28.1. The average molecular weight is 1180 g/mol. The number of rotatable bonds is 47. The Labute approximate surface area is 496 Å². The van der Waals surface area contributed by atoms with E-state index >= 15 is 0 Å². The Hall–Kier alpha value is -2.51. The Morgan fingerprint density at radius 2 is 0.831 bits per heavy atom. The molecule has 1 amide bonds. The van der Waals surface area contributed by atoms with Crippen LogP contribution in [-0.4, -0.2) is 193 Å². The quantitative estimate of drug-likeness (QED) is 0.0220. The first-order valence-electron chi connectivity index (χ1n) is 32.0. The van der Waals surface area contributed by atoms with Crippen molar-refractivity contribution in [2.45, 2.75) is 311 Å². The molecule has 0 aromatic heterocycles. The summed E-state index contributed by atoms with van der Waals surface area (Å²) in [5, 5.41) is 120. The maximum absolute atomic E-state index is 13.3. The van der Waals surface area contributed by atoms with Crippen molar-refractivity contribution in [1.29, 1.82) is 0 Å². The molecular weight excluding hydrogens is 1070 g/mol. The molecule has 0 radical (unpaired) electrons. The molecule has 3 aliphatic rings. The Balaban J connectivity index is 1.37. The van der Waals surface area contributed by atoms with Gasteiger partial charge in [-0.1, -0.05) is 203 Å². The van der Waals surface area contributed by atoms with E-state index in [0.29, 0.717) is 6.42 Å². The van der Waals surface area contributed by atoms with Gasteiger partial charge in [-0.2, -0.15) is 0 Å². The van der Waals surface area contributed by atoms with Crippen molar-refractivity contribution in [3.63, 3.8) is 0 Å². The number of carbonyl (C=O) groups excluding carboxylic acids is 1. The van der Waals surface area contributed by atoms with Gasteiger partial charge in [0.1, 0.15) is 73.2 Å². The van der Waals surface area contributed by atoms with Crippen molar-refractivity contribution in [3.8, 4) is 0 Å². The van der Waals surface area contributed by atoms with Gasteiger partial charge in [-0.05, 0) is 57.8 Å². The van der Waals surface area contributed by atoms with Gasteiger partial charge < -0.3 is 89.9 Å². The monoisotopic (exact) mass is 1180 g/mol. The number of amides is 1. The molecular formula is C64H113NO18. The van der Waals surface area contributed by atoms with Crippen molar-refractivity contribution >= 4 is 5.91 Å². The number of hydrogen-bond acceptors (Lipinski definition) is 18. The molecule has 3 rings (SSSR count). The van der Waals surface area contributed by atoms with Crippen LogP contribution in [-0.2, 0) is 33.2 Å². The molecule has 482 valence electrons.